The van der Waals surface area contributed by atoms with Crippen LogP contribution in [0.3, 0.4) is 0 Å². The van der Waals surface area contributed by atoms with Gasteiger partial charge in [-0.3, -0.25) is 9.59 Å². The van der Waals surface area contributed by atoms with Crippen molar-refractivity contribution >= 4 is 21.9 Å². The predicted octanol–water partition coefficient (Wildman–Crippen LogP) is 1.20. The van der Waals surface area contributed by atoms with Gasteiger partial charge < -0.3 is 10.1 Å². The predicted molar refractivity (Wildman–Crippen MR) is 92.2 cm³/mol. The molecule has 0 bridgehead atoms. The van der Waals surface area contributed by atoms with E-state index in [1.54, 1.807) is 18.2 Å². The summed E-state index contributed by atoms with van der Waals surface area (Å²) in [4.78, 5) is 23.6. The van der Waals surface area contributed by atoms with Crippen molar-refractivity contribution in [2.45, 2.75) is 43.5 Å². The maximum absolute atomic E-state index is 12.0. The number of carbonyl (C=O) groups is 2. The number of rotatable bonds is 7. The van der Waals surface area contributed by atoms with Gasteiger partial charge in [0.15, 0.2) is 6.61 Å². The number of benzene rings is 1. The molecular weight excluding hydrogens is 344 g/mol. The zero-order chi connectivity index (χ0) is 18.3. The van der Waals surface area contributed by atoms with Gasteiger partial charge in [0.2, 0.25) is 10.0 Å². The van der Waals surface area contributed by atoms with Crippen molar-refractivity contribution < 1.29 is 22.7 Å². The first-order valence-corrected chi connectivity index (χ1v) is 9.86. The zero-order valence-electron chi connectivity index (χ0n) is 14.2. The topological polar surface area (TPSA) is 102 Å². The van der Waals surface area contributed by atoms with Crippen molar-refractivity contribution in [3.63, 3.8) is 0 Å². The Bertz CT molecular complexity index is 690. The van der Waals surface area contributed by atoms with E-state index in [1.165, 1.54) is 18.6 Å². The monoisotopic (exact) mass is 368 g/mol. The van der Waals surface area contributed by atoms with Gasteiger partial charge >= 0.3 is 5.97 Å². The van der Waals surface area contributed by atoms with E-state index in [4.69, 9.17) is 4.74 Å². The Balaban J connectivity index is 1.72. The van der Waals surface area contributed by atoms with Gasteiger partial charge in [-0.25, -0.2) is 8.42 Å². The van der Waals surface area contributed by atoms with Crippen LogP contribution in [-0.4, -0.2) is 39.5 Å². The van der Waals surface area contributed by atoms with Crippen LogP contribution < -0.4 is 10.0 Å². The van der Waals surface area contributed by atoms with E-state index >= 15 is 0 Å². The van der Waals surface area contributed by atoms with Crippen molar-refractivity contribution in [1.82, 2.24) is 10.0 Å². The Morgan fingerprint density at radius 2 is 1.84 bits per heavy atom. The summed E-state index contributed by atoms with van der Waals surface area (Å²) in [5, 5.41) is 2.87. The molecule has 0 aliphatic heterocycles. The number of amides is 1. The van der Waals surface area contributed by atoms with Crippen LogP contribution in [-0.2, 0) is 24.3 Å². The number of sulfonamides is 1. The van der Waals surface area contributed by atoms with E-state index < -0.39 is 29.1 Å². The summed E-state index contributed by atoms with van der Waals surface area (Å²) in [7, 11) is -3.78. The Morgan fingerprint density at radius 3 is 2.52 bits per heavy atom. The van der Waals surface area contributed by atoms with Crippen LogP contribution in [0, 0.1) is 5.92 Å². The van der Waals surface area contributed by atoms with Gasteiger partial charge in [-0.1, -0.05) is 38.0 Å². The Kier molecular flexibility index (Phi) is 6.95. The number of hydrogen-bond acceptors (Lipinski definition) is 5. The highest BCUT2D eigenvalue weighted by molar-refractivity contribution is 7.89. The van der Waals surface area contributed by atoms with Gasteiger partial charge in [0.25, 0.3) is 5.91 Å². The standard InChI is InChI=1S/C17H24N2O5S/c1-13-7-5-6-10-15(13)19-16(20)12-24-17(21)11-18-25(22,23)14-8-3-2-4-9-14/h2-4,8-9,13,15,18H,5-7,10-12H2,1H3,(H,19,20)/t13-,15-/m0/s1. The van der Waals surface area contributed by atoms with Crippen LogP contribution in [0.1, 0.15) is 32.6 Å². The van der Waals surface area contributed by atoms with E-state index in [1.807, 2.05) is 0 Å². The summed E-state index contributed by atoms with van der Waals surface area (Å²) < 4.78 is 30.9. The molecule has 8 heteroatoms. The number of nitrogens with one attached hydrogen (secondary N) is 2. The average Bonchev–Trinajstić information content (AvgIpc) is 2.61. The minimum Gasteiger partial charge on any atom is -0.455 e. The molecule has 1 amide bonds. The van der Waals surface area contributed by atoms with E-state index in [9.17, 15) is 18.0 Å². The highest BCUT2D eigenvalue weighted by Crippen LogP contribution is 2.23. The molecule has 2 rings (SSSR count). The maximum atomic E-state index is 12.0. The van der Waals surface area contributed by atoms with Crippen molar-refractivity contribution in [2.75, 3.05) is 13.2 Å². The third-order valence-corrected chi connectivity index (χ3v) is 5.70. The lowest BCUT2D eigenvalue weighted by Gasteiger charge is -2.29. The molecule has 0 saturated heterocycles. The van der Waals surface area contributed by atoms with Gasteiger partial charge in [0.05, 0.1) is 4.90 Å². The normalized spacial score (nSPS) is 20.7. The van der Waals surface area contributed by atoms with Crippen LogP contribution in [0.25, 0.3) is 0 Å². The van der Waals surface area contributed by atoms with Gasteiger partial charge in [-0.15, -0.1) is 0 Å². The third kappa shape index (κ3) is 6.13. The number of hydrogen-bond donors (Lipinski definition) is 2. The molecule has 7 nitrogen and oxygen atoms in total. The SMILES string of the molecule is C[C@H]1CCCC[C@@H]1NC(=O)COC(=O)CNS(=O)(=O)c1ccccc1. The van der Waals surface area contributed by atoms with Gasteiger partial charge in [0, 0.05) is 6.04 Å². The molecule has 138 valence electrons. The van der Waals surface area contributed by atoms with E-state index in [2.05, 4.69) is 17.0 Å². The van der Waals surface area contributed by atoms with E-state index in [0.29, 0.717) is 5.92 Å². The number of ether oxygens (including phenoxy) is 1. The molecule has 0 heterocycles. The molecular formula is C17H24N2O5S. The van der Waals surface area contributed by atoms with E-state index in [-0.39, 0.29) is 16.8 Å². The summed E-state index contributed by atoms with van der Waals surface area (Å²) in [6.07, 6.45) is 4.25. The largest absolute Gasteiger partial charge is 0.455 e. The molecule has 2 N–H and O–H groups in total. The molecule has 0 radical (unpaired) electrons. The van der Waals surface area contributed by atoms with Crippen LogP contribution in [0.2, 0.25) is 0 Å². The number of esters is 1. The molecule has 1 fully saturated rings. The Morgan fingerprint density at radius 1 is 1.16 bits per heavy atom. The third-order valence-electron chi connectivity index (χ3n) is 4.28. The molecule has 1 aromatic rings. The van der Waals surface area contributed by atoms with Gasteiger partial charge in [0.1, 0.15) is 6.54 Å². The first kappa shape index (κ1) is 19.4. The van der Waals surface area contributed by atoms with Gasteiger partial charge in [-0.05, 0) is 30.9 Å². The number of carbonyl (C=O) groups excluding carboxylic acids is 2. The summed E-state index contributed by atoms with van der Waals surface area (Å²) in [6.45, 7) is 1.16. The quantitative estimate of drug-likeness (QED) is 0.704. The molecule has 25 heavy (non-hydrogen) atoms. The minimum atomic E-state index is -3.78. The maximum Gasteiger partial charge on any atom is 0.321 e. The highest BCUT2D eigenvalue weighted by Gasteiger charge is 2.23. The summed E-state index contributed by atoms with van der Waals surface area (Å²) in [5.41, 5.74) is 0. The average molecular weight is 368 g/mol. The van der Waals surface area contributed by atoms with Crippen molar-refractivity contribution in [3.05, 3.63) is 30.3 Å². The lowest BCUT2D eigenvalue weighted by atomic mass is 9.86. The summed E-state index contributed by atoms with van der Waals surface area (Å²) >= 11 is 0. The molecule has 2 atom stereocenters. The van der Waals surface area contributed by atoms with Gasteiger partial charge in [-0.2, -0.15) is 4.72 Å². The Labute approximate surface area is 148 Å². The fraction of sp³-hybridized carbons (Fsp3) is 0.529. The van der Waals surface area contributed by atoms with Crippen molar-refractivity contribution in [3.8, 4) is 0 Å². The fourth-order valence-corrected chi connectivity index (χ4v) is 3.80. The van der Waals surface area contributed by atoms with Crippen LogP contribution in [0.4, 0.5) is 0 Å². The smallest absolute Gasteiger partial charge is 0.321 e. The molecule has 0 aromatic heterocycles. The highest BCUT2D eigenvalue weighted by atomic mass is 32.2. The minimum absolute atomic E-state index is 0.0619. The van der Waals surface area contributed by atoms with Crippen molar-refractivity contribution in [2.24, 2.45) is 5.92 Å². The zero-order valence-corrected chi connectivity index (χ0v) is 15.1. The second-order valence-electron chi connectivity index (χ2n) is 6.23. The molecule has 1 aromatic carbocycles. The first-order valence-electron chi connectivity index (χ1n) is 8.38. The molecule has 1 aliphatic carbocycles. The lowest BCUT2D eigenvalue weighted by molar-refractivity contribution is -0.147. The van der Waals surface area contributed by atoms with Crippen LogP contribution >= 0.6 is 0 Å². The molecule has 0 spiro atoms. The van der Waals surface area contributed by atoms with Crippen LogP contribution in [0.5, 0.6) is 0 Å². The van der Waals surface area contributed by atoms with Crippen LogP contribution in [0.15, 0.2) is 35.2 Å². The Hall–Kier alpha value is -1.93. The van der Waals surface area contributed by atoms with Crippen molar-refractivity contribution in [1.29, 1.82) is 0 Å². The molecule has 1 saturated carbocycles. The first-order chi connectivity index (χ1) is 11.9. The second kappa shape index (κ2) is 8.96. The summed E-state index contributed by atoms with van der Waals surface area (Å²) in [6, 6.07) is 7.82. The second-order valence-corrected chi connectivity index (χ2v) is 8.00. The fourth-order valence-electron chi connectivity index (χ4n) is 2.81. The summed E-state index contributed by atoms with van der Waals surface area (Å²) in [5.74, 6) is -0.754. The van der Waals surface area contributed by atoms with E-state index in [0.717, 1.165) is 19.3 Å². The lowest BCUT2D eigenvalue weighted by Crippen LogP contribution is -2.43. The molecule has 0 unspecified atom stereocenters. The molecule has 1 aliphatic rings.